The summed E-state index contributed by atoms with van der Waals surface area (Å²) in [6.45, 7) is 2.82. The van der Waals surface area contributed by atoms with E-state index in [2.05, 4.69) is 46.8 Å². The minimum Gasteiger partial charge on any atom is -0.355 e. The number of fused-ring (bicyclic) bond motifs is 1. The first-order valence-corrected chi connectivity index (χ1v) is 8.43. The third kappa shape index (κ3) is 3.44. The fraction of sp³-hybridized carbons (Fsp3) is 0.500. The van der Waals surface area contributed by atoms with E-state index in [1.807, 2.05) is 7.05 Å². The average Bonchev–Trinajstić information content (AvgIpc) is 2.97. The predicted molar refractivity (Wildman–Crippen MR) is 89.2 cm³/mol. The number of carbonyl (C=O) groups is 1. The van der Waals surface area contributed by atoms with Gasteiger partial charge in [0, 0.05) is 13.6 Å². The SMILES string of the molecule is CCc1ccc(CCNC(=O)C2CCCc3nnn(C)c32)cc1. The van der Waals surface area contributed by atoms with Crippen molar-refractivity contribution < 1.29 is 4.79 Å². The predicted octanol–water partition coefficient (Wildman–Crippen LogP) is 2.16. The van der Waals surface area contributed by atoms with Crippen LogP contribution < -0.4 is 5.32 Å². The summed E-state index contributed by atoms with van der Waals surface area (Å²) in [6.07, 6.45) is 4.73. The normalized spacial score (nSPS) is 16.9. The number of amides is 1. The number of nitrogens with zero attached hydrogens (tertiary/aromatic N) is 3. The Labute approximate surface area is 137 Å². The second-order valence-electron chi connectivity index (χ2n) is 6.20. The van der Waals surface area contributed by atoms with E-state index in [-0.39, 0.29) is 11.8 Å². The van der Waals surface area contributed by atoms with Crippen molar-refractivity contribution >= 4 is 5.91 Å². The van der Waals surface area contributed by atoms with E-state index >= 15 is 0 Å². The summed E-state index contributed by atoms with van der Waals surface area (Å²) >= 11 is 0. The van der Waals surface area contributed by atoms with Crippen LogP contribution in [0.3, 0.4) is 0 Å². The van der Waals surface area contributed by atoms with Gasteiger partial charge < -0.3 is 5.32 Å². The molecule has 0 spiro atoms. The van der Waals surface area contributed by atoms with Crippen LogP contribution in [0.15, 0.2) is 24.3 Å². The maximum absolute atomic E-state index is 12.5. The number of benzene rings is 1. The number of hydrogen-bond donors (Lipinski definition) is 1. The van der Waals surface area contributed by atoms with Crippen molar-refractivity contribution in [3.05, 3.63) is 46.8 Å². The molecule has 0 saturated heterocycles. The zero-order valence-electron chi connectivity index (χ0n) is 13.9. The highest BCUT2D eigenvalue weighted by atomic mass is 16.1. The smallest absolute Gasteiger partial charge is 0.229 e. The van der Waals surface area contributed by atoms with Gasteiger partial charge in [0.1, 0.15) is 0 Å². The Hall–Kier alpha value is -2.17. The molecule has 1 atom stereocenters. The van der Waals surface area contributed by atoms with Gasteiger partial charge in [0.15, 0.2) is 0 Å². The molecule has 0 radical (unpaired) electrons. The summed E-state index contributed by atoms with van der Waals surface area (Å²) < 4.78 is 1.75. The minimum absolute atomic E-state index is 0.0986. The zero-order valence-corrected chi connectivity index (χ0v) is 13.9. The van der Waals surface area contributed by atoms with Crippen LogP contribution in [-0.4, -0.2) is 27.4 Å². The summed E-state index contributed by atoms with van der Waals surface area (Å²) in [4.78, 5) is 12.5. The molecule has 2 aromatic rings. The van der Waals surface area contributed by atoms with Crippen LogP contribution in [0.2, 0.25) is 0 Å². The van der Waals surface area contributed by atoms with Crippen molar-refractivity contribution in [2.75, 3.05) is 6.54 Å². The zero-order chi connectivity index (χ0) is 16.2. The first kappa shape index (κ1) is 15.7. The Kier molecular flexibility index (Phi) is 4.74. The molecule has 23 heavy (non-hydrogen) atoms. The monoisotopic (exact) mass is 312 g/mol. The van der Waals surface area contributed by atoms with Crippen LogP contribution >= 0.6 is 0 Å². The standard InChI is InChI=1S/C18H24N4O/c1-3-13-7-9-14(10-8-13)11-12-19-18(23)15-5-4-6-16-17(15)22(2)21-20-16/h7-10,15H,3-6,11-12H2,1-2H3,(H,19,23). The molecule has 0 fully saturated rings. The Morgan fingerprint density at radius 3 is 2.78 bits per heavy atom. The van der Waals surface area contributed by atoms with E-state index in [9.17, 15) is 4.79 Å². The molecule has 1 aliphatic carbocycles. The summed E-state index contributed by atoms with van der Waals surface area (Å²) in [5.74, 6) is -0.0113. The van der Waals surface area contributed by atoms with Gasteiger partial charge in [0.05, 0.1) is 17.3 Å². The quantitative estimate of drug-likeness (QED) is 0.920. The summed E-state index contributed by atoms with van der Waals surface area (Å²) in [6, 6.07) is 8.61. The maximum Gasteiger partial charge on any atom is 0.229 e. The van der Waals surface area contributed by atoms with E-state index in [0.29, 0.717) is 6.54 Å². The fourth-order valence-electron chi connectivity index (χ4n) is 3.27. The van der Waals surface area contributed by atoms with Gasteiger partial charge in [0.2, 0.25) is 5.91 Å². The third-order valence-corrected chi connectivity index (χ3v) is 4.64. The molecule has 1 heterocycles. The largest absolute Gasteiger partial charge is 0.355 e. The van der Waals surface area contributed by atoms with Crippen molar-refractivity contribution in [2.24, 2.45) is 7.05 Å². The topological polar surface area (TPSA) is 59.8 Å². The Bertz CT molecular complexity index is 675. The van der Waals surface area contributed by atoms with Crippen LogP contribution in [0.5, 0.6) is 0 Å². The van der Waals surface area contributed by atoms with Gasteiger partial charge in [-0.15, -0.1) is 5.10 Å². The van der Waals surface area contributed by atoms with Crippen molar-refractivity contribution in [1.29, 1.82) is 0 Å². The van der Waals surface area contributed by atoms with Crippen molar-refractivity contribution in [3.63, 3.8) is 0 Å². The molecule has 1 aliphatic rings. The second kappa shape index (κ2) is 6.94. The van der Waals surface area contributed by atoms with E-state index in [1.165, 1.54) is 11.1 Å². The highest BCUT2D eigenvalue weighted by Gasteiger charge is 2.30. The molecular weight excluding hydrogens is 288 g/mol. The number of rotatable bonds is 5. The number of nitrogens with one attached hydrogen (secondary N) is 1. The van der Waals surface area contributed by atoms with Crippen LogP contribution in [0.25, 0.3) is 0 Å². The summed E-state index contributed by atoms with van der Waals surface area (Å²) in [7, 11) is 1.87. The number of aryl methyl sites for hydroxylation is 3. The van der Waals surface area contributed by atoms with Gasteiger partial charge in [-0.25, -0.2) is 0 Å². The van der Waals surface area contributed by atoms with Gasteiger partial charge in [-0.1, -0.05) is 36.4 Å². The summed E-state index contributed by atoms with van der Waals surface area (Å²) in [5.41, 5.74) is 4.57. The van der Waals surface area contributed by atoms with Crippen LogP contribution in [-0.2, 0) is 31.1 Å². The highest BCUT2D eigenvalue weighted by molar-refractivity contribution is 5.83. The third-order valence-electron chi connectivity index (χ3n) is 4.64. The van der Waals surface area contributed by atoms with Gasteiger partial charge in [-0.3, -0.25) is 9.48 Å². The summed E-state index contributed by atoms with van der Waals surface area (Å²) in [5, 5.41) is 11.3. The molecule has 0 saturated carbocycles. The lowest BCUT2D eigenvalue weighted by Gasteiger charge is -2.21. The van der Waals surface area contributed by atoms with Crippen LogP contribution in [0.4, 0.5) is 0 Å². The molecule has 122 valence electrons. The molecule has 0 bridgehead atoms. The molecule has 0 aliphatic heterocycles. The Balaban J connectivity index is 1.56. The van der Waals surface area contributed by atoms with Crippen LogP contribution in [0, 0.1) is 0 Å². The molecular formula is C18H24N4O. The minimum atomic E-state index is -0.110. The van der Waals surface area contributed by atoms with Crippen molar-refractivity contribution in [2.45, 2.75) is 44.9 Å². The lowest BCUT2D eigenvalue weighted by Crippen LogP contribution is -2.33. The average molecular weight is 312 g/mol. The van der Waals surface area contributed by atoms with Gasteiger partial charge in [-0.05, 0) is 43.2 Å². The van der Waals surface area contributed by atoms with Gasteiger partial charge in [-0.2, -0.15) is 0 Å². The van der Waals surface area contributed by atoms with E-state index in [4.69, 9.17) is 0 Å². The van der Waals surface area contributed by atoms with Gasteiger partial charge >= 0.3 is 0 Å². The Morgan fingerprint density at radius 2 is 2.04 bits per heavy atom. The maximum atomic E-state index is 12.5. The van der Waals surface area contributed by atoms with Crippen LogP contribution in [0.1, 0.15) is 48.2 Å². The lowest BCUT2D eigenvalue weighted by atomic mass is 9.89. The molecule has 5 heteroatoms. The van der Waals surface area contributed by atoms with Gasteiger partial charge in [0.25, 0.3) is 0 Å². The molecule has 1 unspecified atom stereocenters. The lowest BCUT2D eigenvalue weighted by molar-refractivity contribution is -0.123. The van der Waals surface area contributed by atoms with E-state index in [1.54, 1.807) is 4.68 Å². The fourth-order valence-corrected chi connectivity index (χ4v) is 3.27. The number of carbonyl (C=O) groups excluding carboxylic acids is 1. The first-order chi connectivity index (χ1) is 11.2. The van der Waals surface area contributed by atoms with Crippen molar-refractivity contribution in [3.8, 4) is 0 Å². The van der Waals surface area contributed by atoms with E-state index < -0.39 is 0 Å². The molecule has 1 aromatic carbocycles. The molecule has 3 rings (SSSR count). The number of aromatic nitrogens is 3. The molecule has 1 aromatic heterocycles. The number of hydrogen-bond acceptors (Lipinski definition) is 3. The van der Waals surface area contributed by atoms with E-state index in [0.717, 1.165) is 43.5 Å². The highest BCUT2D eigenvalue weighted by Crippen LogP contribution is 2.29. The molecule has 1 N–H and O–H groups in total. The first-order valence-electron chi connectivity index (χ1n) is 8.43. The molecule has 1 amide bonds. The molecule has 5 nitrogen and oxygen atoms in total. The second-order valence-corrected chi connectivity index (χ2v) is 6.20. The Morgan fingerprint density at radius 1 is 1.30 bits per heavy atom. The van der Waals surface area contributed by atoms with Crippen molar-refractivity contribution in [1.82, 2.24) is 20.3 Å².